The zero-order valence-corrected chi connectivity index (χ0v) is 48.0. The average Bonchev–Trinajstić information content (AvgIpc) is 3.34. The Kier molecular flexibility index (Phi) is 19.5. The number of benzene rings is 7. The number of rotatable bonds is 24. The molecule has 446 valence electrons. The predicted molar refractivity (Wildman–Crippen MR) is 303 cm³/mol. The summed E-state index contributed by atoms with van der Waals surface area (Å²) in [6.07, 6.45) is 0. The Morgan fingerprint density at radius 3 is 1.48 bits per heavy atom. The molecule has 0 spiro atoms. The molecule has 7 aromatic carbocycles. The van der Waals surface area contributed by atoms with Gasteiger partial charge in [0.15, 0.2) is 11.5 Å². The summed E-state index contributed by atoms with van der Waals surface area (Å²) in [5.41, 5.74) is -1.25. The van der Waals surface area contributed by atoms with E-state index < -0.39 is 73.2 Å². The topological polar surface area (TPSA) is 495 Å². The Labute approximate surface area is 502 Å². The molecule has 0 radical (unpaired) electrons. The molecule has 0 aliphatic carbocycles. The normalized spacial score (nSPS) is 12.2. The standard InChI is InChI=1S/C44H30Cl2N14O20S6/c45-39-51-41(55-43(53-39)49-27-17-23(81-78-75-63)13-19-16-32(86(72,73)74)36(38(62)33(19)27)60-57-25-5-1-3-7-29(25)82-79-76-64)47-21-9-11-22(12-10-21)48-42-52-40(46)54-44(56-42)50-28-18-24(84(66,67)68)14-20-15-30(83-80-77-65)35(37(61)34(20)28)59-58-26-6-2-4-8-31(26)85(69,70)71/h1-18,61-65H,(H,66,67,68)(H,69,70,71)(H,72,73,74)(H2,47,49,51,53,55)(H2,48,50,52,54,56). The SMILES string of the molecule is O=S(=O)(O)c1cc(Nc2nc(Cl)nc(Nc3ccc(Nc4nc(Cl)nc(Nc5cc(SOOO)cc6cc(S(=O)(=O)O)c(N=Nc7ccccc7SOOO)c(O)c56)n4)cc3)n2)c2c(O)c(N=Nc3ccccc3S(=O)(=O)O)c(SOOO)cc2c1. The second-order valence-corrected chi connectivity index (χ2v) is 23.4. The van der Waals surface area contributed by atoms with E-state index in [1.807, 2.05) is 0 Å². The van der Waals surface area contributed by atoms with E-state index in [0.29, 0.717) is 35.5 Å². The second-order valence-electron chi connectivity index (χ2n) is 16.3. The van der Waals surface area contributed by atoms with Gasteiger partial charge < -0.3 is 31.5 Å². The minimum Gasteiger partial charge on any atom is -0.505 e. The fourth-order valence-electron chi connectivity index (χ4n) is 7.56. The summed E-state index contributed by atoms with van der Waals surface area (Å²) < 4.78 is 118. The highest BCUT2D eigenvalue weighted by molar-refractivity contribution is 7.95. The molecule has 9 aromatic rings. The molecule has 0 aliphatic heterocycles. The van der Waals surface area contributed by atoms with Crippen molar-refractivity contribution in [1.82, 2.24) is 29.9 Å². The summed E-state index contributed by atoms with van der Waals surface area (Å²) in [6, 6.07) is 23.6. The van der Waals surface area contributed by atoms with E-state index in [9.17, 15) is 49.1 Å². The molecule has 0 saturated heterocycles. The molecular formula is C44H30Cl2N14O20S6. The molecule has 0 atom stereocenters. The monoisotopic (exact) mass is 1340 g/mol. The Morgan fingerprint density at radius 1 is 0.453 bits per heavy atom. The van der Waals surface area contributed by atoms with Gasteiger partial charge in [0.2, 0.25) is 34.4 Å². The first kappa shape index (κ1) is 62.6. The first-order valence-electron chi connectivity index (χ1n) is 22.6. The average molecular weight is 1340 g/mol. The molecule has 9 rings (SSSR count). The lowest BCUT2D eigenvalue weighted by molar-refractivity contribution is -0.432. The van der Waals surface area contributed by atoms with Crippen LogP contribution in [0.25, 0.3) is 21.5 Å². The van der Waals surface area contributed by atoms with Gasteiger partial charge in [0.05, 0.1) is 62.2 Å². The van der Waals surface area contributed by atoms with Crippen molar-refractivity contribution in [3.63, 3.8) is 0 Å². The number of fused-ring (bicyclic) bond motifs is 2. The molecule has 42 heteroatoms. The minimum atomic E-state index is -5.14. The number of nitrogens with zero attached hydrogens (tertiary/aromatic N) is 10. The molecule has 0 unspecified atom stereocenters. The van der Waals surface area contributed by atoms with Crippen LogP contribution in [0.15, 0.2) is 159 Å². The van der Waals surface area contributed by atoms with Crippen LogP contribution in [0.1, 0.15) is 0 Å². The Morgan fingerprint density at radius 2 is 0.919 bits per heavy atom. The third-order valence-electron chi connectivity index (χ3n) is 10.9. The number of halogens is 2. The minimum absolute atomic E-state index is 0.0416. The third-order valence-corrected chi connectivity index (χ3v) is 15.7. The van der Waals surface area contributed by atoms with Crippen molar-refractivity contribution in [2.75, 3.05) is 21.3 Å². The highest BCUT2D eigenvalue weighted by Gasteiger charge is 2.27. The lowest BCUT2D eigenvalue weighted by Crippen LogP contribution is -2.06. The third kappa shape index (κ3) is 15.2. The summed E-state index contributed by atoms with van der Waals surface area (Å²) in [7, 11) is -14.9. The predicted octanol–water partition coefficient (Wildman–Crippen LogP) is 11.9. The number of aromatic hydroxyl groups is 2. The fourth-order valence-corrected chi connectivity index (χ4v) is 11.1. The van der Waals surface area contributed by atoms with Crippen LogP contribution in [0, 0.1) is 0 Å². The van der Waals surface area contributed by atoms with Crippen molar-refractivity contribution < 1.29 is 93.0 Å². The Balaban J connectivity index is 0.991. The van der Waals surface area contributed by atoms with Crippen LogP contribution in [-0.2, 0) is 58.5 Å². The zero-order valence-electron chi connectivity index (χ0n) is 41.5. The van der Waals surface area contributed by atoms with Crippen LogP contribution < -0.4 is 21.3 Å². The van der Waals surface area contributed by atoms with Crippen LogP contribution in [0.2, 0.25) is 10.6 Å². The van der Waals surface area contributed by atoms with Gasteiger partial charge in [-0.3, -0.25) is 13.7 Å². The number of phenols is 2. The number of aromatic nitrogens is 6. The van der Waals surface area contributed by atoms with Crippen molar-refractivity contribution in [2.45, 2.75) is 29.4 Å². The lowest BCUT2D eigenvalue weighted by atomic mass is 10.1. The van der Waals surface area contributed by atoms with Crippen molar-refractivity contribution >= 4 is 181 Å². The molecule has 0 aliphatic rings. The van der Waals surface area contributed by atoms with E-state index in [2.05, 4.69) is 99.7 Å². The molecule has 0 amide bonds. The molecular weight excluding hydrogens is 1310 g/mol. The number of nitrogens with one attached hydrogen (secondary N) is 4. The van der Waals surface area contributed by atoms with Crippen molar-refractivity contribution in [2.24, 2.45) is 20.5 Å². The maximum atomic E-state index is 12.7. The zero-order chi connectivity index (χ0) is 61.5. The van der Waals surface area contributed by atoms with E-state index in [1.165, 1.54) is 78.9 Å². The summed E-state index contributed by atoms with van der Waals surface area (Å²) >= 11 is 13.9. The molecule has 2 aromatic heterocycles. The Bertz CT molecular complexity index is 4520. The number of hydrogen-bond donors (Lipinski definition) is 12. The largest absolute Gasteiger partial charge is 0.505 e. The summed E-state index contributed by atoms with van der Waals surface area (Å²) in [4.78, 5) is 22.9. The molecule has 34 nitrogen and oxygen atoms in total. The van der Waals surface area contributed by atoms with Gasteiger partial charge in [0.1, 0.15) is 32.5 Å². The van der Waals surface area contributed by atoms with Gasteiger partial charge >= 0.3 is 0 Å². The molecule has 0 fully saturated rings. The highest BCUT2D eigenvalue weighted by atomic mass is 35.5. The molecule has 12 N–H and O–H groups in total. The molecule has 86 heavy (non-hydrogen) atoms. The maximum Gasteiger partial charge on any atom is 0.296 e. The van der Waals surface area contributed by atoms with Crippen molar-refractivity contribution in [1.29, 1.82) is 0 Å². The van der Waals surface area contributed by atoms with Gasteiger partial charge in [-0.05, 0) is 119 Å². The summed E-state index contributed by atoms with van der Waals surface area (Å²) in [5, 5.41) is 86.9. The molecule has 2 heterocycles. The van der Waals surface area contributed by atoms with Gasteiger partial charge in [0.25, 0.3) is 30.4 Å². The van der Waals surface area contributed by atoms with Gasteiger partial charge in [0, 0.05) is 27.0 Å². The highest BCUT2D eigenvalue weighted by Crippen LogP contribution is 2.49. The first-order valence-corrected chi connectivity index (χ1v) is 29.9. The van der Waals surface area contributed by atoms with E-state index in [-0.39, 0.29) is 100 Å². The van der Waals surface area contributed by atoms with Crippen molar-refractivity contribution in [3.8, 4) is 11.5 Å². The summed E-state index contributed by atoms with van der Waals surface area (Å²) in [6.45, 7) is 0. The molecule has 0 bridgehead atoms. The van der Waals surface area contributed by atoms with E-state index in [1.54, 1.807) is 6.07 Å². The van der Waals surface area contributed by atoms with Crippen LogP contribution in [0.5, 0.6) is 11.5 Å². The van der Waals surface area contributed by atoms with E-state index in [4.69, 9.17) is 39.0 Å². The van der Waals surface area contributed by atoms with Crippen LogP contribution in [0.4, 0.5) is 69.3 Å². The maximum absolute atomic E-state index is 12.7. The first-order chi connectivity index (χ1) is 41.0. The quantitative estimate of drug-likeness (QED) is 0.00879. The second kappa shape index (κ2) is 26.8. The van der Waals surface area contributed by atoms with Crippen LogP contribution >= 0.6 is 59.3 Å². The summed E-state index contributed by atoms with van der Waals surface area (Å²) in [5.74, 6) is -2.62. The van der Waals surface area contributed by atoms with Crippen LogP contribution in [-0.4, -0.2) is 94.8 Å². The smallest absolute Gasteiger partial charge is 0.296 e. The molecule has 0 saturated carbocycles. The van der Waals surface area contributed by atoms with Gasteiger partial charge in [-0.1, -0.05) is 39.4 Å². The van der Waals surface area contributed by atoms with Gasteiger partial charge in [-0.25, -0.2) is 15.8 Å². The van der Waals surface area contributed by atoms with E-state index >= 15 is 0 Å². The van der Waals surface area contributed by atoms with E-state index in [0.717, 1.165) is 24.3 Å². The van der Waals surface area contributed by atoms with Gasteiger partial charge in [-0.15, -0.1) is 33.5 Å². The van der Waals surface area contributed by atoms with Crippen molar-refractivity contribution in [3.05, 3.63) is 120 Å². The number of anilines is 8. The number of azo groups is 2. The number of hydrogen-bond acceptors (Lipinski definition) is 34. The van der Waals surface area contributed by atoms with Gasteiger partial charge in [-0.2, -0.15) is 55.2 Å². The number of phenolic OH excluding ortho intramolecular Hbond substituents is 2. The fraction of sp³-hybridized carbons (Fsp3) is 0. The van der Waals surface area contributed by atoms with Crippen LogP contribution in [0.3, 0.4) is 0 Å². The Hall–Kier alpha value is -7.92. The lowest BCUT2D eigenvalue weighted by Gasteiger charge is -2.15.